The molecule has 0 heterocycles. The van der Waals surface area contributed by atoms with Crippen LogP contribution < -0.4 is 5.73 Å². The Morgan fingerprint density at radius 2 is 1.94 bits per heavy atom. The second kappa shape index (κ2) is 4.96. The maximum Gasteiger partial charge on any atom is 0.407 e. The van der Waals surface area contributed by atoms with Crippen LogP contribution in [0.15, 0.2) is 30.3 Å². The lowest BCUT2D eigenvalue weighted by atomic mass is 10.1. The van der Waals surface area contributed by atoms with Gasteiger partial charge in [-0.2, -0.15) is 13.2 Å². The van der Waals surface area contributed by atoms with Gasteiger partial charge in [-0.15, -0.1) is 0 Å². The highest BCUT2D eigenvalue weighted by Gasteiger charge is 2.34. The molecule has 1 aromatic rings. The Hall–Kier alpha value is -1.89. The Kier molecular flexibility index (Phi) is 3.84. The first kappa shape index (κ1) is 13.2. The number of alkyl halides is 3. The van der Waals surface area contributed by atoms with Crippen LogP contribution in [0.3, 0.4) is 0 Å². The van der Waals surface area contributed by atoms with Crippen molar-refractivity contribution in [3.8, 4) is 0 Å². The van der Waals surface area contributed by atoms with Crippen LogP contribution in [-0.2, 0) is 0 Å². The number of benzene rings is 1. The first-order chi connectivity index (χ1) is 7.82. The number of rotatable bonds is 3. The van der Waals surface area contributed by atoms with Gasteiger partial charge in [0.15, 0.2) is 0 Å². The van der Waals surface area contributed by atoms with Crippen LogP contribution >= 0.6 is 0 Å². The van der Waals surface area contributed by atoms with Crippen molar-refractivity contribution in [3.63, 3.8) is 0 Å². The van der Waals surface area contributed by atoms with E-state index in [0.717, 1.165) is 6.08 Å². The van der Waals surface area contributed by atoms with E-state index in [0.29, 0.717) is 6.08 Å². The van der Waals surface area contributed by atoms with Gasteiger partial charge in [-0.05, 0) is 6.07 Å². The van der Waals surface area contributed by atoms with Gasteiger partial charge in [-0.3, -0.25) is 10.1 Å². The summed E-state index contributed by atoms with van der Waals surface area (Å²) in [6.45, 7) is 0. The van der Waals surface area contributed by atoms with Crippen LogP contribution in [0, 0.1) is 10.1 Å². The molecule has 0 radical (unpaired) electrons. The van der Waals surface area contributed by atoms with E-state index in [9.17, 15) is 23.3 Å². The van der Waals surface area contributed by atoms with Crippen LogP contribution in [-0.4, -0.2) is 17.1 Å². The second-order valence-corrected chi connectivity index (χ2v) is 3.24. The van der Waals surface area contributed by atoms with E-state index >= 15 is 0 Å². The number of hydrogen-bond acceptors (Lipinski definition) is 3. The molecule has 17 heavy (non-hydrogen) atoms. The van der Waals surface area contributed by atoms with Gasteiger partial charge in [0.05, 0.1) is 10.5 Å². The molecule has 1 atom stereocenters. The molecular weight excluding hydrogens is 237 g/mol. The number of nitro benzene ring substituents is 1. The number of nitrogens with two attached hydrogens (primary N) is 1. The number of nitro groups is 1. The Balaban J connectivity index is 2.96. The Morgan fingerprint density at radius 1 is 1.35 bits per heavy atom. The maximum absolute atomic E-state index is 12.1. The fraction of sp³-hybridized carbons (Fsp3) is 0.200. The summed E-state index contributed by atoms with van der Waals surface area (Å²) in [6, 6.07) is 3.34. The molecule has 0 spiro atoms. The van der Waals surface area contributed by atoms with Gasteiger partial charge in [-0.25, -0.2) is 0 Å². The number of halogens is 3. The predicted octanol–water partition coefficient (Wildman–Crippen LogP) is 2.50. The summed E-state index contributed by atoms with van der Waals surface area (Å²) < 4.78 is 36.3. The first-order valence-electron chi connectivity index (χ1n) is 4.56. The minimum Gasteiger partial charge on any atom is -0.317 e. The van der Waals surface area contributed by atoms with E-state index < -0.39 is 17.1 Å². The maximum atomic E-state index is 12.1. The average molecular weight is 246 g/mol. The summed E-state index contributed by atoms with van der Waals surface area (Å²) in [5.74, 6) is 0. The average Bonchev–Trinajstić information content (AvgIpc) is 2.24. The molecule has 2 N–H and O–H groups in total. The number of hydrogen-bond donors (Lipinski definition) is 1. The number of nitrogens with zero attached hydrogens (tertiary/aromatic N) is 1. The molecule has 0 saturated heterocycles. The lowest BCUT2D eigenvalue weighted by Gasteiger charge is -2.10. The highest BCUT2D eigenvalue weighted by atomic mass is 19.4. The molecule has 0 aromatic heterocycles. The van der Waals surface area contributed by atoms with Gasteiger partial charge in [0.25, 0.3) is 5.69 Å². The van der Waals surface area contributed by atoms with E-state index in [1.54, 1.807) is 0 Å². The van der Waals surface area contributed by atoms with E-state index in [4.69, 9.17) is 5.73 Å². The Bertz CT molecular complexity index is 443. The third-order valence-corrected chi connectivity index (χ3v) is 1.99. The zero-order valence-corrected chi connectivity index (χ0v) is 8.52. The van der Waals surface area contributed by atoms with Crippen molar-refractivity contribution < 1.29 is 18.1 Å². The molecule has 0 unspecified atom stereocenters. The normalized spacial score (nSPS) is 13.9. The lowest BCUT2D eigenvalue weighted by molar-refractivity contribution is -0.385. The Morgan fingerprint density at radius 3 is 2.47 bits per heavy atom. The SMILES string of the molecule is N[C@@H](C=Cc1ccccc1[N+](=O)[O-])C(F)(F)F. The number of para-hydroxylation sites is 1. The highest BCUT2D eigenvalue weighted by molar-refractivity contribution is 5.61. The second-order valence-electron chi connectivity index (χ2n) is 3.24. The van der Waals surface area contributed by atoms with Crippen molar-refractivity contribution in [3.05, 3.63) is 46.0 Å². The first-order valence-corrected chi connectivity index (χ1v) is 4.56. The molecule has 4 nitrogen and oxygen atoms in total. The standard InChI is InChI=1S/C10H9F3N2O2/c11-10(12,13)9(14)6-5-7-3-1-2-4-8(7)15(16)17/h1-6,9H,14H2/t9-/m0/s1. The third-order valence-electron chi connectivity index (χ3n) is 1.99. The molecule has 1 aromatic carbocycles. The molecule has 7 heteroatoms. The van der Waals surface area contributed by atoms with Gasteiger partial charge in [0.1, 0.15) is 6.04 Å². The molecule has 0 aliphatic heterocycles. The summed E-state index contributed by atoms with van der Waals surface area (Å²) in [5, 5.41) is 10.6. The monoisotopic (exact) mass is 246 g/mol. The summed E-state index contributed by atoms with van der Waals surface area (Å²) >= 11 is 0. The fourth-order valence-corrected chi connectivity index (χ4v) is 1.11. The minimum absolute atomic E-state index is 0.0807. The zero-order valence-electron chi connectivity index (χ0n) is 8.52. The predicted molar refractivity (Wildman–Crippen MR) is 56.2 cm³/mol. The quantitative estimate of drug-likeness (QED) is 0.658. The van der Waals surface area contributed by atoms with Crippen molar-refractivity contribution in [2.45, 2.75) is 12.2 Å². The molecular formula is C10H9F3N2O2. The molecule has 0 aliphatic rings. The van der Waals surface area contributed by atoms with E-state index in [-0.39, 0.29) is 11.3 Å². The van der Waals surface area contributed by atoms with Crippen molar-refractivity contribution in [1.29, 1.82) is 0 Å². The van der Waals surface area contributed by atoms with Crippen LogP contribution in [0.1, 0.15) is 5.56 Å². The van der Waals surface area contributed by atoms with Crippen LogP contribution in [0.4, 0.5) is 18.9 Å². The van der Waals surface area contributed by atoms with Gasteiger partial charge < -0.3 is 5.73 Å². The Labute approximate surface area is 94.7 Å². The zero-order chi connectivity index (χ0) is 13.1. The van der Waals surface area contributed by atoms with E-state index in [1.807, 2.05) is 0 Å². The van der Waals surface area contributed by atoms with Gasteiger partial charge in [-0.1, -0.05) is 24.3 Å². The van der Waals surface area contributed by atoms with Crippen molar-refractivity contribution in [2.75, 3.05) is 0 Å². The summed E-state index contributed by atoms with van der Waals surface area (Å²) in [6.07, 6.45) is -2.88. The minimum atomic E-state index is -4.56. The van der Waals surface area contributed by atoms with Crippen LogP contribution in [0.5, 0.6) is 0 Å². The summed E-state index contributed by atoms with van der Waals surface area (Å²) in [5.41, 5.74) is 4.66. The highest BCUT2D eigenvalue weighted by Crippen LogP contribution is 2.22. The van der Waals surface area contributed by atoms with E-state index in [1.165, 1.54) is 24.3 Å². The van der Waals surface area contributed by atoms with Crippen molar-refractivity contribution in [1.82, 2.24) is 0 Å². The molecule has 0 aliphatic carbocycles. The molecule has 0 saturated carbocycles. The van der Waals surface area contributed by atoms with Crippen LogP contribution in [0.25, 0.3) is 6.08 Å². The third kappa shape index (κ3) is 3.56. The molecule has 1 rings (SSSR count). The molecule has 92 valence electrons. The van der Waals surface area contributed by atoms with Gasteiger partial charge >= 0.3 is 6.18 Å². The van der Waals surface area contributed by atoms with Crippen molar-refractivity contribution >= 4 is 11.8 Å². The topological polar surface area (TPSA) is 69.2 Å². The fourth-order valence-electron chi connectivity index (χ4n) is 1.11. The smallest absolute Gasteiger partial charge is 0.317 e. The van der Waals surface area contributed by atoms with Gasteiger partial charge in [0.2, 0.25) is 0 Å². The summed E-state index contributed by atoms with van der Waals surface area (Å²) in [4.78, 5) is 9.91. The van der Waals surface area contributed by atoms with Crippen molar-refractivity contribution in [2.24, 2.45) is 5.73 Å². The molecule has 0 bridgehead atoms. The molecule has 0 fully saturated rings. The lowest BCUT2D eigenvalue weighted by Crippen LogP contribution is -2.35. The van der Waals surface area contributed by atoms with E-state index in [2.05, 4.69) is 0 Å². The molecule has 0 amide bonds. The van der Waals surface area contributed by atoms with Gasteiger partial charge in [0, 0.05) is 6.07 Å². The van der Waals surface area contributed by atoms with Crippen LogP contribution in [0.2, 0.25) is 0 Å². The largest absolute Gasteiger partial charge is 0.407 e. The summed E-state index contributed by atoms with van der Waals surface area (Å²) in [7, 11) is 0.